The molecule has 3 nitrogen and oxygen atoms in total. The number of Topliss-reactive ketones (excluding diaryl/α,β-unsaturated/α-hetero) is 1. The van der Waals surface area contributed by atoms with E-state index in [1.807, 2.05) is 37.3 Å². The summed E-state index contributed by atoms with van der Waals surface area (Å²) >= 11 is 18.9. The Morgan fingerprint density at radius 1 is 0.943 bits per heavy atom. The van der Waals surface area contributed by atoms with Gasteiger partial charge in [-0.05, 0) is 105 Å². The van der Waals surface area contributed by atoms with E-state index in [0.717, 1.165) is 41.0 Å². The predicted octanol–water partition coefficient (Wildman–Crippen LogP) is 8.99. The fraction of sp³-hybridized carbons (Fsp3) is 0.448. The second-order valence-corrected chi connectivity index (χ2v) is 12.5. The third kappa shape index (κ3) is 4.34. The number of halogens is 3. The van der Waals surface area contributed by atoms with Gasteiger partial charge in [-0.1, -0.05) is 46.9 Å². The SMILES string of the molecule is Cc1c(C(=O)CCC23CC4CC(CC(C4)C2)C3)nn(-c2ccc(Cl)cc2Cl)c1-c1ccc(Cl)cc1. The third-order valence-corrected chi connectivity index (χ3v) is 9.48. The predicted molar refractivity (Wildman–Crippen MR) is 143 cm³/mol. The molecule has 7 rings (SSSR count). The Labute approximate surface area is 221 Å². The van der Waals surface area contributed by atoms with Gasteiger partial charge in [0.1, 0.15) is 5.69 Å². The zero-order chi connectivity index (χ0) is 24.3. The largest absolute Gasteiger partial charge is 0.292 e. The highest BCUT2D eigenvalue weighted by Crippen LogP contribution is 2.61. The molecule has 4 aliphatic rings. The van der Waals surface area contributed by atoms with Crippen LogP contribution in [0.25, 0.3) is 16.9 Å². The second-order valence-electron chi connectivity index (χ2n) is 11.2. The van der Waals surface area contributed by atoms with Crippen LogP contribution in [-0.4, -0.2) is 15.6 Å². The normalized spacial score (nSPS) is 26.9. The van der Waals surface area contributed by atoms with Crippen LogP contribution < -0.4 is 0 Å². The van der Waals surface area contributed by atoms with Crippen molar-refractivity contribution in [2.24, 2.45) is 23.2 Å². The summed E-state index contributed by atoms with van der Waals surface area (Å²) in [6.45, 7) is 1.98. The van der Waals surface area contributed by atoms with Crippen LogP contribution in [0.1, 0.15) is 67.4 Å². The Hall–Kier alpha value is -1.81. The van der Waals surface area contributed by atoms with Crippen molar-refractivity contribution in [2.75, 3.05) is 0 Å². The summed E-state index contributed by atoms with van der Waals surface area (Å²) in [6, 6.07) is 13.0. The minimum absolute atomic E-state index is 0.122. The molecule has 1 heterocycles. The minimum atomic E-state index is 0.122. The van der Waals surface area contributed by atoms with Crippen LogP contribution in [0.15, 0.2) is 42.5 Å². The fourth-order valence-electron chi connectivity index (χ4n) is 7.63. The number of carbonyl (C=O) groups excluding carboxylic acids is 1. The van der Waals surface area contributed by atoms with Crippen molar-refractivity contribution in [3.63, 3.8) is 0 Å². The summed E-state index contributed by atoms with van der Waals surface area (Å²) in [7, 11) is 0. The molecule has 0 atom stereocenters. The Morgan fingerprint density at radius 2 is 1.54 bits per heavy atom. The lowest BCUT2D eigenvalue weighted by atomic mass is 9.48. The number of rotatable bonds is 6. The molecule has 4 saturated carbocycles. The van der Waals surface area contributed by atoms with E-state index < -0.39 is 0 Å². The van der Waals surface area contributed by atoms with Crippen LogP contribution >= 0.6 is 34.8 Å². The average Bonchev–Trinajstić information content (AvgIpc) is 3.14. The van der Waals surface area contributed by atoms with Gasteiger partial charge in [0.05, 0.1) is 16.4 Å². The first kappa shape index (κ1) is 23.6. The molecule has 2 aromatic carbocycles. The Bertz CT molecular complexity index is 1260. The first-order chi connectivity index (χ1) is 16.8. The van der Waals surface area contributed by atoms with Crippen molar-refractivity contribution in [3.05, 3.63) is 68.8 Å². The Kier molecular flexibility index (Phi) is 6.02. The van der Waals surface area contributed by atoms with Crippen molar-refractivity contribution >= 4 is 40.6 Å². The highest BCUT2D eigenvalue weighted by Gasteiger charge is 2.50. The fourth-order valence-corrected chi connectivity index (χ4v) is 8.24. The topological polar surface area (TPSA) is 34.9 Å². The molecule has 0 saturated heterocycles. The van der Waals surface area contributed by atoms with Gasteiger partial charge in [0.25, 0.3) is 0 Å². The van der Waals surface area contributed by atoms with Gasteiger partial charge >= 0.3 is 0 Å². The Morgan fingerprint density at radius 3 is 2.14 bits per heavy atom. The van der Waals surface area contributed by atoms with Gasteiger partial charge in [0.15, 0.2) is 5.78 Å². The Balaban J connectivity index is 1.34. The van der Waals surface area contributed by atoms with E-state index in [2.05, 4.69) is 0 Å². The summed E-state index contributed by atoms with van der Waals surface area (Å²) in [4.78, 5) is 13.6. The molecular formula is C29H29Cl3N2O. The molecule has 0 N–H and O–H groups in total. The van der Waals surface area contributed by atoms with Crippen molar-refractivity contribution in [2.45, 2.75) is 58.3 Å². The lowest BCUT2D eigenvalue weighted by molar-refractivity contribution is -0.0570. The van der Waals surface area contributed by atoms with Crippen LogP contribution in [0, 0.1) is 30.1 Å². The quantitative estimate of drug-likeness (QED) is 0.300. The van der Waals surface area contributed by atoms with E-state index in [4.69, 9.17) is 39.9 Å². The van der Waals surface area contributed by atoms with E-state index >= 15 is 0 Å². The first-order valence-corrected chi connectivity index (χ1v) is 13.8. The highest BCUT2D eigenvalue weighted by atomic mass is 35.5. The van der Waals surface area contributed by atoms with Crippen molar-refractivity contribution in [3.8, 4) is 16.9 Å². The second kappa shape index (κ2) is 8.94. The number of carbonyl (C=O) groups is 1. The molecule has 0 radical (unpaired) electrons. The molecule has 1 aromatic heterocycles. The van der Waals surface area contributed by atoms with Crippen LogP contribution in [-0.2, 0) is 0 Å². The average molecular weight is 528 g/mol. The van der Waals surface area contributed by atoms with E-state index in [0.29, 0.717) is 38.3 Å². The van der Waals surface area contributed by atoms with E-state index in [9.17, 15) is 4.79 Å². The summed E-state index contributed by atoms with van der Waals surface area (Å²) in [5, 5.41) is 6.55. The third-order valence-electron chi connectivity index (χ3n) is 8.69. The number of hydrogen-bond donors (Lipinski definition) is 0. The van der Waals surface area contributed by atoms with Gasteiger partial charge in [-0.2, -0.15) is 5.10 Å². The van der Waals surface area contributed by atoms with Crippen molar-refractivity contribution in [1.29, 1.82) is 0 Å². The summed E-state index contributed by atoms with van der Waals surface area (Å²) in [5.74, 6) is 2.79. The molecular weight excluding hydrogens is 499 g/mol. The number of ketones is 1. The highest BCUT2D eigenvalue weighted by molar-refractivity contribution is 6.35. The molecule has 4 bridgehead atoms. The lowest BCUT2D eigenvalue weighted by Gasteiger charge is -2.57. The molecule has 6 heteroatoms. The number of nitrogens with zero attached hydrogens (tertiary/aromatic N) is 2. The molecule has 0 spiro atoms. The molecule has 4 aliphatic carbocycles. The van der Waals surface area contributed by atoms with Crippen LogP contribution in [0.4, 0.5) is 0 Å². The zero-order valence-electron chi connectivity index (χ0n) is 19.9. The van der Waals surface area contributed by atoms with E-state index in [-0.39, 0.29) is 5.78 Å². The number of hydrogen-bond acceptors (Lipinski definition) is 2. The van der Waals surface area contributed by atoms with Crippen LogP contribution in [0.2, 0.25) is 15.1 Å². The monoisotopic (exact) mass is 526 g/mol. The molecule has 35 heavy (non-hydrogen) atoms. The van der Waals surface area contributed by atoms with Crippen molar-refractivity contribution < 1.29 is 4.79 Å². The van der Waals surface area contributed by atoms with Crippen molar-refractivity contribution in [1.82, 2.24) is 9.78 Å². The zero-order valence-corrected chi connectivity index (χ0v) is 22.1. The molecule has 0 amide bonds. The lowest BCUT2D eigenvalue weighted by Crippen LogP contribution is -2.46. The summed E-state index contributed by atoms with van der Waals surface area (Å²) in [5.41, 5.74) is 4.26. The molecule has 3 aromatic rings. The number of benzene rings is 2. The van der Waals surface area contributed by atoms with Crippen LogP contribution in [0.3, 0.4) is 0 Å². The smallest absolute Gasteiger partial charge is 0.183 e. The number of aromatic nitrogens is 2. The molecule has 182 valence electrons. The first-order valence-electron chi connectivity index (χ1n) is 12.6. The molecule has 4 fully saturated rings. The molecule has 0 aliphatic heterocycles. The van der Waals surface area contributed by atoms with Gasteiger partial charge in [-0.25, -0.2) is 4.68 Å². The van der Waals surface area contributed by atoms with Gasteiger partial charge < -0.3 is 0 Å². The van der Waals surface area contributed by atoms with Gasteiger partial charge in [0, 0.05) is 27.6 Å². The maximum atomic E-state index is 13.6. The maximum Gasteiger partial charge on any atom is 0.183 e. The minimum Gasteiger partial charge on any atom is -0.292 e. The standard InChI is InChI=1S/C29H29Cl3N2O/c1-17-27(26(35)8-9-29-14-18-10-19(15-29)12-20(11-18)16-29)33-34(25-7-6-23(31)13-24(25)32)28(17)21-2-4-22(30)5-3-21/h2-7,13,18-20H,8-12,14-16H2,1H3. The summed E-state index contributed by atoms with van der Waals surface area (Å²) in [6.07, 6.45) is 9.75. The van der Waals surface area contributed by atoms with E-state index in [1.54, 1.807) is 16.8 Å². The van der Waals surface area contributed by atoms with E-state index in [1.165, 1.54) is 38.5 Å². The van der Waals surface area contributed by atoms with Gasteiger partial charge in [-0.3, -0.25) is 4.79 Å². The van der Waals surface area contributed by atoms with Crippen LogP contribution in [0.5, 0.6) is 0 Å². The summed E-state index contributed by atoms with van der Waals surface area (Å²) < 4.78 is 1.79. The van der Waals surface area contributed by atoms with Gasteiger partial charge in [0.2, 0.25) is 0 Å². The maximum absolute atomic E-state index is 13.6. The van der Waals surface area contributed by atoms with Gasteiger partial charge in [-0.15, -0.1) is 0 Å². The molecule has 0 unspecified atom stereocenters.